The predicted molar refractivity (Wildman–Crippen MR) is 96.3 cm³/mol. The number of hydrogen-bond acceptors (Lipinski definition) is 3. The summed E-state index contributed by atoms with van der Waals surface area (Å²) in [5, 5.41) is 8.92. The Kier molecular flexibility index (Phi) is 6.56. The SMILES string of the molecule is CC(C)Cc1ccc(C(C)C(=O)Oc2ccc(CCO)cc2)cc1. The molecule has 0 bridgehead atoms. The maximum absolute atomic E-state index is 12.3. The van der Waals surface area contributed by atoms with Gasteiger partial charge in [0.2, 0.25) is 0 Å². The Morgan fingerprint density at radius 3 is 2.08 bits per heavy atom. The molecule has 0 aliphatic heterocycles. The van der Waals surface area contributed by atoms with E-state index in [0.29, 0.717) is 18.1 Å². The molecule has 0 amide bonds. The fourth-order valence-electron chi connectivity index (χ4n) is 2.61. The molecule has 0 saturated carbocycles. The number of hydrogen-bond donors (Lipinski definition) is 1. The third-order valence-electron chi connectivity index (χ3n) is 4.02. The van der Waals surface area contributed by atoms with Crippen molar-refractivity contribution in [1.29, 1.82) is 0 Å². The van der Waals surface area contributed by atoms with Gasteiger partial charge in [-0.2, -0.15) is 0 Å². The molecule has 24 heavy (non-hydrogen) atoms. The number of carbonyl (C=O) groups is 1. The van der Waals surface area contributed by atoms with Gasteiger partial charge in [-0.1, -0.05) is 50.2 Å². The first-order valence-electron chi connectivity index (χ1n) is 8.50. The Morgan fingerprint density at radius 2 is 1.54 bits per heavy atom. The van der Waals surface area contributed by atoms with E-state index >= 15 is 0 Å². The molecule has 0 spiro atoms. The molecule has 0 fully saturated rings. The Hall–Kier alpha value is -2.13. The summed E-state index contributed by atoms with van der Waals surface area (Å²) in [6.07, 6.45) is 1.65. The Balaban J connectivity index is 1.98. The van der Waals surface area contributed by atoms with Crippen molar-refractivity contribution >= 4 is 5.97 Å². The van der Waals surface area contributed by atoms with Crippen LogP contribution in [-0.2, 0) is 17.6 Å². The van der Waals surface area contributed by atoms with Crippen LogP contribution in [0.25, 0.3) is 0 Å². The summed E-state index contributed by atoms with van der Waals surface area (Å²) in [5.74, 6) is 0.578. The summed E-state index contributed by atoms with van der Waals surface area (Å²) >= 11 is 0. The molecule has 128 valence electrons. The Bertz CT molecular complexity index is 642. The molecule has 1 N–H and O–H groups in total. The molecule has 1 atom stereocenters. The molecule has 1 unspecified atom stereocenters. The standard InChI is InChI=1S/C21H26O3/c1-15(2)14-18-4-8-19(9-5-18)16(3)21(23)24-20-10-6-17(7-11-20)12-13-22/h4-11,15-16,22H,12-14H2,1-3H3. The molecule has 0 radical (unpaired) electrons. The van der Waals surface area contributed by atoms with Crippen LogP contribution in [0.2, 0.25) is 0 Å². The van der Waals surface area contributed by atoms with Gasteiger partial charge in [0.1, 0.15) is 5.75 Å². The van der Waals surface area contributed by atoms with Crippen molar-refractivity contribution in [3.63, 3.8) is 0 Å². The summed E-state index contributed by atoms with van der Waals surface area (Å²) in [6, 6.07) is 15.4. The van der Waals surface area contributed by atoms with E-state index < -0.39 is 0 Å². The highest BCUT2D eigenvalue weighted by molar-refractivity contribution is 5.79. The molecule has 2 aromatic rings. The third-order valence-corrected chi connectivity index (χ3v) is 4.02. The minimum Gasteiger partial charge on any atom is -0.426 e. The zero-order valence-corrected chi connectivity index (χ0v) is 14.7. The summed E-state index contributed by atoms with van der Waals surface area (Å²) in [6.45, 7) is 6.36. The molecule has 3 nitrogen and oxygen atoms in total. The molecule has 3 heteroatoms. The molecular formula is C21H26O3. The van der Waals surface area contributed by atoms with E-state index in [2.05, 4.69) is 26.0 Å². The van der Waals surface area contributed by atoms with Crippen LogP contribution in [0, 0.1) is 5.92 Å². The van der Waals surface area contributed by atoms with E-state index in [4.69, 9.17) is 9.84 Å². The first kappa shape index (κ1) is 18.2. The van der Waals surface area contributed by atoms with E-state index in [0.717, 1.165) is 17.5 Å². The molecule has 0 aliphatic carbocycles. The minimum atomic E-state index is -0.310. The maximum Gasteiger partial charge on any atom is 0.318 e. The second kappa shape index (κ2) is 8.65. The fourth-order valence-corrected chi connectivity index (χ4v) is 2.61. The highest BCUT2D eigenvalue weighted by Gasteiger charge is 2.17. The fraction of sp³-hybridized carbons (Fsp3) is 0.381. The summed E-state index contributed by atoms with van der Waals surface area (Å²) in [5.41, 5.74) is 3.27. The van der Waals surface area contributed by atoms with Gasteiger partial charge >= 0.3 is 5.97 Å². The minimum absolute atomic E-state index is 0.114. The molecule has 2 rings (SSSR count). The lowest BCUT2D eigenvalue weighted by molar-refractivity contribution is -0.135. The molecule has 0 aliphatic rings. The van der Waals surface area contributed by atoms with Crippen molar-refractivity contribution in [2.75, 3.05) is 6.61 Å². The van der Waals surface area contributed by atoms with Gasteiger partial charge in [-0.15, -0.1) is 0 Å². The average molecular weight is 326 g/mol. The number of carbonyl (C=O) groups excluding carboxylic acids is 1. The van der Waals surface area contributed by atoms with Gasteiger partial charge in [-0.25, -0.2) is 0 Å². The van der Waals surface area contributed by atoms with Crippen LogP contribution < -0.4 is 4.74 Å². The van der Waals surface area contributed by atoms with Crippen LogP contribution in [0.15, 0.2) is 48.5 Å². The van der Waals surface area contributed by atoms with E-state index in [1.807, 2.05) is 31.2 Å². The van der Waals surface area contributed by atoms with Crippen molar-refractivity contribution in [3.8, 4) is 5.75 Å². The maximum atomic E-state index is 12.3. The zero-order chi connectivity index (χ0) is 17.5. The number of benzene rings is 2. The van der Waals surface area contributed by atoms with Gasteiger partial charge in [-0.05, 0) is 54.5 Å². The lowest BCUT2D eigenvalue weighted by Gasteiger charge is -2.13. The summed E-state index contributed by atoms with van der Waals surface area (Å²) in [4.78, 5) is 12.3. The topological polar surface area (TPSA) is 46.5 Å². The van der Waals surface area contributed by atoms with Crippen LogP contribution in [-0.4, -0.2) is 17.7 Å². The summed E-state index contributed by atoms with van der Waals surface area (Å²) in [7, 11) is 0. The Morgan fingerprint density at radius 1 is 0.958 bits per heavy atom. The van der Waals surface area contributed by atoms with Crippen LogP contribution >= 0.6 is 0 Å². The van der Waals surface area contributed by atoms with Crippen LogP contribution in [0.4, 0.5) is 0 Å². The molecule has 0 saturated heterocycles. The largest absolute Gasteiger partial charge is 0.426 e. The van der Waals surface area contributed by atoms with Crippen molar-refractivity contribution in [3.05, 3.63) is 65.2 Å². The van der Waals surface area contributed by atoms with Crippen LogP contribution in [0.1, 0.15) is 43.4 Å². The van der Waals surface area contributed by atoms with Crippen molar-refractivity contribution in [2.45, 2.75) is 39.5 Å². The van der Waals surface area contributed by atoms with Gasteiger partial charge in [-0.3, -0.25) is 4.79 Å². The van der Waals surface area contributed by atoms with Crippen molar-refractivity contribution in [1.82, 2.24) is 0 Å². The number of aliphatic hydroxyl groups is 1. The molecular weight excluding hydrogens is 300 g/mol. The van der Waals surface area contributed by atoms with Gasteiger partial charge < -0.3 is 9.84 Å². The molecule has 0 aromatic heterocycles. The van der Waals surface area contributed by atoms with E-state index in [1.54, 1.807) is 12.1 Å². The highest BCUT2D eigenvalue weighted by atomic mass is 16.5. The molecule has 0 heterocycles. The van der Waals surface area contributed by atoms with Gasteiger partial charge in [0.05, 0.1) is 5.92 Å². The quantitative estimate of drug-likeness (QED) is 0.615. The number of ether oxygens (including phenoxy) is 1. The number of aliphatic hydroxyl groups excluding tert-OH is 1. The predicted octanol–water partition coefficient (Wildman–Crippen LogP) is 4.13. The van der Waals surface area contributed by atoms with E-state index in [-0.39, 0.29) is 18.5 Å². The first-order valence-corrected chi connectivity index (χ1v) is 8.50. The normalized spacial score (nSPS) is 12.2. The average Bonchev–Trinajstić information content (AvgIpc) is 2.56. The second-order valence-corrected chi connectivity index (χ2v) is 6.60. The first-order chi connectivity index (χ1) is 11.5. The lowest BCUT2D eigenvalue weighted by atomic mass is 9.97. The van der Waals surface area contributed by atoms with Gasteiger partial charge in [0.15, 0.2) is 0 Å². The lowest BCUT2D eigenvalue weighted by Crippen LogP contribution is -2.16. The van der Waals surface area contributed by atoms with E-state index in [9.17, 15) is 4.79 Å². The smallest absolute Gasteiger partial charge is 0.318 e. The third kappa shape index (κ3) is 5.20. The Labute approximate surface area is 144 Å². The summed E-state index contributed by atoms with van der Waals surface area (Å²) < 4.78 is 5.46. The number of esters is 1. The number of rotatable bonds is 7. The van der Waals surface area contributed by atoms with Crippen molar-refractivity contribution in [2.24, 2.45) is 5.92 Å². The van der Waals surface area contributed by atoms with Crippen LogP contribution in [0.3, 0.4) is 0 Å². The molecule has 2 aromatic carbocycles. The van der Waals surface area contributed by atoms with Gasteiger partial charge in [0, 0.05) is 6.61 Å². The zero-order valence-electron chi connectivity index (χ0n) is 14.7. The van der Waals surface area contributed by atoms with Gasteiger partial charge in [0.25, 0.3) is 0 Å². The van der Waals surface area contributed by atoms with Crippen molar-refractivity contribution < 1.29 is 14.6 Å². The van der Waals surface area contributed by atoms with Crippen LogP contribution in [0.5, 0.6) is 5.75 Å². The second-order valence-electron chi connectivity index (χ2n) is 6.60. The highest BCUT2D eigenvalue weighted by Crippen LogP contribution is 2.21. The monoisotopic (exact) mass is 326 g/mol. The van der Waals surface area contributed by atoms with E-state index in [1.165, 1.54) is 5.56 Å².